The number of fused-ring (bicyclic) bond motifs is 3. The third kappa shape index (κ3) is 2.47. The van der Waals surface area contributed by atoms with Crippen LogP contribution in [0.25, 0.3) is 27.9 Å². The van der Waals surface area contributed by atoms with E-state index >= 15 is 0 Å². The molecule has 0 spiro atoms. The maximum absolute atomic E-state index is 12.5. The number of hydrogen-bond donors (Lipinski definition) is 1. The Morgan fingerprint density at radius 2 is 1.92 bits per heavy atom. The van der Waals surface area contributed by atoms with Crippen LogP contribution in [0.5, 0.6) is 0 Å². The van der Waals surface area contributed by atoms with E-state index in [0.29, 0.717) is 22.4 Å². The van der Waals surface area contributed by atoms with Crippen molar-refractivity contribution in [3.8, 4) is 11.4 Å². The molecule has 6 nitrogen and oxygen atoms in total. The number of benzene rings is 2. The minimum Gasteiger partial charge on any atom is -0.345 e. The Morgan fingerprint density at radius 3 is 2.65 bits per heavy atom. The van der Waals surface area contributed by atoms with E-state index in [0.717, 1.165) is 16.6 Å². The van der Waals surface area contributed by atoms with Gasteiger partial charge in [0, 0.05) is 25.2 Å². The first-order valence-electron chi connectivity index (χ1n) is 8.28. The molecule has 2 aromatic heterocycles. The van der Waals surface area contributed by atoms with Gasteiger partial charge in [-0.05, 0) is 31.2 Å². The van der Waals surface area contributed by atoms with E-state index in [1.54, 1.807) is 32.4 Å². The molecular formula is C20H18N4O2. The van der Waals surface area contributed by atoms with Crippen LogP contribution in [0.4, 0.5) is 0 Å². The number of H-pyrrole nitrogens is 1. The second-order valence-corrected chi connectivity index (χ2v) is 6.56. The highest BCUT2D eigenvalue weighted by atomic mass is 16.2. The van der Waals surface area contributed by atoms with Gasteiger partial charge in [0.1, 0.15) is 11.3 Å². The summed E-state index contributed by atoms with van der Waals surface area (Å²) >= 11 is 0. The van der Waals surface area contributed by atoms with Crippen molar-refractivity contribution in [2.24, 2.45) is 0 Å². The van der Waals surface area contributed by atoms with Crippen molar-refractivity contribution in [2.75, 3.05) is 14.1 Å². The van der Waals surface area contributed by atoms with E-state index in [9.17, 15) is 9.59 Å². The van der Waals surface area contributed by atoms with Gasteiger partial charge in [-0.25, -0.2) is 4.98 Å². The Morgan fingerprint density at radius 1 is 1.12 bits per heavy atom. The monoisotopic (exact) mass is 346 g/mol. The summed E-state index contributed by atoms with van der Waals surface area (Å²) < 4.78 is 1.84. The van der Waals surface area contributed by atoms with E-state index in [4.69, 9.17) is 0 Å². The number of rotatable bonds is 2. The molecule has 0 saturated carbocycles. The molecule has 26 heavy (non-hydrogen) atoms. The largest absolute Gasteiger partial charge is 0.345 e. The number of aryl methyl sites for hydroxylation is 1. The SMILES string of the molecule is Cc1cccc(-c2ncc3c(=O)[nH]c4cc(C(=O)N(C)C)ccc4n23)c1. The fourth-order valence-corrected chi connectivity index (χ4v) is 3.15. The number of carbonyl (C=O) groups is 1. The fourth-order valence-electron chi connectivity index (χ4n) is 3.15. The maximum atomic E-state index is 12.5. The molecule has 0 unspecified atom stereocenters. The van der Waals surface area contributed by atoms with Gasteiger partial charge in [0.15, 0.2) is 0 Å². The number of amides is 1. The molecule has 1 N–H and O–H groups in total. The topological polar surface area (TPSA) is 70.5 Å². The van der Waals surface area contributed by atoms with E-state index in [-0.39, 0.29) is 11.5 Å². The predicted molar refractivity (Wildman–Crippen MR) is 102 cm³/mol. The minimum atomic E-state index is -0.238. The molecular weight excluding hydrogens is 328 g/mol. The summed E-state index contributed by atoms with van der Waals surface area (Å²) in [6.07, 6.45) is 1.58. The van der Waals surface area contributed by atoms with Crippen LogP contribution in [0.2, 0.25) is 0 Å². The number of imidazole rings is 1. The van der Waals surface area contributed by atoms with Gasteiger partial charge >= 0.3 is 0 Å². The Labute approximate surface area is 149 Å². The van der Waals surface area contributed by atoms with Gasteiger partial charge in [-0.3, -0.25) is 14.0 Å². The number of nitrogens with one attached hydrogen (secondary N) is 1. The standard InChI is InChI=1S/C20H18N4O2/c1-12-5-4-6-13(9-12)18-21-11-17-19(25)22-15-10-14(20(26)23(2)3)7-8-16(15)24(17)18/h4-11H,1-3H3,(H,22,25). The maximum Gasteiger partial charge on any atom is 0.274 e. The average Bonchev–Trinajstić information content (AvgIpc) is 3.06. The summed E-state index contributed by atoms with van der Waals surface area (Å²) in [7, 11) is 3.40. The van der Waals surface area contributed by atoms with Crippen LogP contribution in [-0.4, -0.2) is 39.3 Å². The summed E-state index contributed by atoms with van der Waals surface area (Å²) in [5, 5.41) is 0. The van der Waals surface area contributed by atoms with Gasteiger partial charge < -0.3 is 9.88 Å². The lowest BCUT2D eigenvalue weighted by Gasteiger charge is -2.12. The van der Waals surface area contributed by atoms with Crippen molar-refractivity contribution in [3.05, 3.63) is 70.1 Å². The number of carbonyl (C=O) groups excluding carboxylic acids is 1. The van der Waals surface area contributed by atoms with Crippen molar-refractivity contribution in [1.29, 1.82) is 0 Å². The molecule has 2 aromatic carbocycles. The molecule has 2 heterocycles. The number of hydrogen-bond acceptors (Lipinski definition) is 3. The first-order chi connectivity index (χ1) is 12.5. The van der Waals surface area contributed by atoms with E-state index in [1.165, 1.54) is 4.90 Å². The Kier molecular flexibility index (Phi) is 3.61. The normalized spacial score (nSPS) is 11.2. The quantitative estimate of drug-likeness (QED) is 0.607. The highest BCUT2D eigenvalue weighted by Crippen LogP contribution is 2.24. The lowest BCUT2D eigenvalue weighted by molar-refractivity contribution is 0.0827. The lowest BCUT2D eigenvalue weighted by Crippen LogP contribution is -2.21. The average molecular weight is 346 g/mol. The van der Waals surface area contributed by atoms with Gasteiger partial charge in [-0.15, -0.1) is 0 Å². The van der Waals surface area contributed by atoms with Crippen LogP contribution in [0, 0.1) is 6.92 Å². The molecule has 4 rings (SSSR count). The predicted octanol–water partition coefficient (Wildman–Crippen LogP) is 2.85. The molecule has 0 saturated heterocycles. The summed E-state index contributed by atoms with van der Waals surface area (Å²) in [6, 6.07) is 13.3. The zero-order valence-electron chi connectivity index (χ0n) is 14.8. The molecule has 0 aliphatic heterocycles. The van der Waals surface area contributed by atoms with E-state index < -0.39 is 0 Å². The smallest absolute Gasteiger partial charge is 0.274 e. The zero-order chi connectivity index (χ0) is 18.4. The molecule has 4 aromatic rings. The van der Waals surface area contributed by atoms with E-state index in [2.05, 4.69) is 9.97 Å². The van der Waals surface area contributed by atoms with Crippen LogP contribution >= 0.6 is 0 Å². The van der Waals surface area contributed by atoms with Crippen LogP contribution in [0.1, 0.15) is 15.9 Å². The van der Waals surface area contributed by atoms with Crippen LogP contribution in [0.15, 0.2) is 53.5 Å². The van der Waals surface area contributed by atoms with Crippen LogP contribution < -0.4 is 5.56 Å². The fraction of sp³-hybridized carbons (Fsp3) is 0.150. The van der Waals surface area contributed by atoms with Crippen LogP contribution in [-0.2, 0) is 0 Å². The third-order valence-electron chi connectivity index (χ3n) is 4.41. The molecule has 1 amide bonds. The van der Waals surface area contributed by atoms with Crippen molar-refractivity contribution in [3.63, 3.8) is 0 Å². The molecule has 6 heteroatoms. The minimum absolute atomic E-state index is 0.114. The molecule has 0 atom stereocenters. The van der Waals surface area contributed by atoms with Crippen molar-refractivity contribution >= 4 is 22.5 Å². The summed E-state index contributed by atoms with van der Waals surface area (Å²) in [4.78, 5) is 33.6. The highest BCUT2D eigenvalue weighted by molar-refractivity contribution is 5.97. The van der Waals surface area contributed by atoms with Crippen molar-refractivity contribution < 1.29 is 4.79 Å². The molecule has 0 aliphatic rings. The third-order valence-corrected chi connectivity index (χ3v) is 4.41. The molecule has 0 aliphatic carbocycles. The van der Waals surface area contributed by atoms with Crippen molar-refractivity contribution in [2.45, 2.75) is 6.92 Å². The first-order valence-corrected chi connectivity index (χ1v) is 8.28. The van der Waals surface area contributed by atoms with Gasteiger partial charge in [0.25, 0.3) is 11.5 Å². The lowest BCUT2D eigenvalue weighted by atomic mass is 10.1. The molecule has 130 valence electrons. The Balaban J connectivity index is 2.04. The zero-order valence-corrected chi connectivity index (χ0v) is 14.8. The Bertz CT molecular complexity index is 1220. The second-order valence-electron chi connectivity index (χ2n) is 6.56. The van der Waals surface area contributed by atoms with Crippen molar-refractivity contribution in [1.82, 2.24) is 19.3 Å². The molecule has 0 bridgehead atoms. The van der Waals surface area contributed by atoms with Gasteiger partial charge in [-0.1, -0.05) is 23.8 Å². The molecule has 0 fully saturated rings. The number of nitrogens with zero attached hydrogens (tertiary/aromatic N) is 3. The number of aromatic amines is 1. The van der Waals surface area contributed by atoms with Gasteiger partial charge in [0.2, 0.25) is 0 Å². The van der Waals surface area contributed by atoms with Gasteiger partial charge in [-0.2, -0.15) is 0 Å². The second kappa shape index (κ2) is 5.84. The Hall–Kier alpha value is -3.41. The highest BCUT2D eigenvalue weighted by Gasteiger charge is 2.15. The number of aromatic nitrogens is 3. The summed E-state index contributed by atoms with van der Waals surface area (Å²) in [5.41, 5.74) is 4.21. The van der Waals surface area contributed by atoms with E-state index in [1.807, 2.05) is 41.7 Å². The van der Waals surface area contributed by atoms with Crippen LogP contribution in [0.3, 0.4) is 0 Å². The summed E-state index contributed by atoms with van der Waals surface area (Å²) in [6.45, 7) is 2.02. The first kappa shape index (κ1) is 16.1. The summed E-state index contributed by atoms with van der Waals surface area (Å²) in [5.74, 6) is 0.587. The molecule has 0 radical (unpaired) electrons. The van der Waals surface area contributed by atoms with Gasteiger partial charge in [0.05, 0.1) is 17.2 Å².